The van der Waals surface area contributed by atoms with E-state index in [-0.39, 0.29) is 5.78 Å². The lowest BCUT2D eigenvalue weighted by Crippen LogP contribution is -2.24. The van der Waals surface area contributed by atoms with Gasteiger partial charge in [-0.05, 0) is 50.8 Å². The van der Waals surface area contributed by atoms with E-state index in [1.54, 1.807) is 7.11 Å². The first-order valence-electron chi connectivity index (χ1n) is 7.36. The van der Waals surface area contributed by atoms with Crippen LogP contribution in [0.1, 0.15) is 42.5 Å². The molecule has 0 radical (unpaired) electrons. The SMILES string of the molecule is COc1ccccc1C(=O)CNCCC1=CCCCC1. The third kappa shape index (κ3) is 4.20. The fraction of sp³-hybridized carbons (Fsp3) is 0.471. The van der Waals surface area contributed by atoms with Crippen LogP contribution in [-0.4, -0.2) is 26.0 Å². The van der Waals surface area contributed by atoms with Crippen molar-refractivity contribution < 1.29 is 9.53 Å². The van der Waals surface area contributed by atoms with Gasteiger partial charge >= 0.3 is 0 Å². The Morgan fingerprint density at radius 3 is 2.90 bits per heavy atom. The first kappa shape index (κ1) is 14.8. The van der Waals surface area contributed by atoms with Crippen LogP contribution in [0.15, 0.2) is 35.9 Å². The van der Waals surface area contributed by atoms with Crippen molar-refractivity contribution in [3.8, 4) is 5.75 Å². The topological polar surface area (TPSA) is 38.3 Å². The predicted octanol–water partition coefficient (Wildman–Crippen LogP) is 3.36. The second-order valence-corrected chi connectivity index (χ2v) is 5.16. The lowest BCUT2D eigenvalue weighted by atomic mass is 9.97. The average Bonchev–Trinajstić information content (AvgIpc) is 2.52. The number of methoxy groups -OCH3 is 1. The molecule has 3 heteroatoms. The molecule has 0 aliphatic heterocycles. The van der Waals surface area contributed by atoms with Gasteiger partial charge in [0.25, 0.3) is 0 Å². The van der Waals surface area contributed by atoms with Gasteiger partial charge in [-0.3, -0.25) is 4.79 Å². The molecule has 20 heavy (non-hydrogen) atoms. The van der Waals surface area contributed by atoms with Gasteiger partial charge in [0.05, 0.1) is 19.2 Å². The summed E-state index contributed by atoms with van der Waals surface area (Å²) in [5.74, 6) is 0.731. The molecule has 0 saturated heterocycles. The molecule has 0 unspecified atom stereocenters. The Morgan fingerprint density at radius 2 is 2.15 bits per heavy atom. The number of carbonyl (C=O) groups is 1. The van der Waals surface area contributed by atoms with E-state index in [0.717, 1.165) is 13.0 Å². The summed E-state index contributed by atoms with van der Waals surface area (Å²) in [6.45, 7) is 1.24. The summed E-state index contributed by atoms with van der Waals surface area (Å²) in [6.07, 6.45) is 8.49. The second kappa shape index (κ2) is 7.85. The number of ether oxygens (including phenoxy) is 1. The summed E-state index contributed by atoms with van der Waals surface area (Å²) >= 11 is 0. The summed E-state index contributed by atoms with van der Waals surface area (Å²) < 4.78 is 5.21. The van der Waals surface area contributed by atoms with Crippen molar-refractivity contribution in [3.63, 3.8) is 0 Å². The molecule has 1 aliphatic rings. The zero-order valence-electron chi connectivity index (χ0n) is 12.2. The molecule has 0 fully saturated rings. The largest absolute Gasteiger partial charge is 0.496 e. The molecule has 108 valence electrons. The van der Waals surface area contributed by atoms with Crippen LogP contribution in [0.2, 0.25) is 0 Å². The van der Waals surface area contributed by atoms with Crippen LogP contribution in [0, 0.1) is 0 Å². The second-order valence-electron chi connectivity index (χ2n) is 5.16. The number of allylic oxidation sites excluding steroid dienone is 1. The van der Waals surface area contributed by atoms with Gasteiger partial charge in [0.1, 0.15) is 5.75 Å². The zero-order valence-corrected chi connectivity index (χ0v) is 12.2. The molecule has 0 atom stereocenters. The first-order valence-corrected chi connectivity index (χ1v) is 7.36. The van der Waals surface area contributed by atoms with Gasteiger partial charge < -0.3 is 10.1 Å². The molecule has 0 amide bonds. The number of para-hydroxylation sites is 1. The lowest BCUT2D eigenvalue weighted by Gasteiger charge is -2.13. The van der Waals surface area contributed by atoms with Gasteiger partial charge in [-0.15, -0.1) is 0 Å². The third-order valence-corrected chi connectivity index (χ3v) is 3.70. The molecule has 1 aliphatic carbocycles. The van der Waals surface area contributed by atoms with E-state index in [2.05, 4.69) is 11.4 Å². The number of benzene rings is 1. The van der Waals surface area contributed by atoms with E-state index in [0.29, 0.717) is 17.9 Å². The maximum absolute atomic E-state index is 12.1. The van der Waals surface area contributed by atoms with Crippen LogP contribution in [0.3, 0.4) is 0 Å². The molecular formula is C17H23NO2. The van der Waals surface area contributed by atoms with Crippen molar-refractivity contribution >= 4 is 5.78 Å². The number of rotatable bonds is 7. The molecule has 1 aromatic carbocycles. The summed E-state index contributed by atoms with van der Waals surface area (Å²) in [4.78, 5) is 12.1. The van der Waals surface area contributed by atoms with E-state index in [4.69, 9.17) is 4.74 Å². The Morgan fingerprint density at radius 1 is 1.30 bits per heavy atom. The maximum Gasteiger partial charge on any atom is 0.180 e. The van der Waals surface area contributed by atoms with Crippen molar-refractivity contribution in [1.82, 2.24) is 5.32 Å². The van der Waals surface area contributed by atoms with Crippen molar-refractivity contribution in [2.45, 2.75) is 32.1 Å². The molecular weight excluding hydrogens is 250 g/mol. The normalized spacial score (nSPS) is 14.8. The van der Waals surface area contributed by atoms with Crippen molar-refractivity contribution in [2.75, 3.05) is 20.2 Å². The van der Waals surface area contributed by atoms with E-state index >= 15 is 0 Å². The van der Waals surface area contributed by atoms with Crippen molar-refractivity contribution in [2.24, 2.45) is 0 Å². The molecule has 0 heterocycles. The minimum atomic E-state index is 0.0834. The Labute approximate surface area is 121 Å². The molecule has 0 saturated carbocycles. The third-order valence-electron chi connectivity index (χ3n) is 3.70. The van der Waals surface area contributed by atoms with Crippen LogP contribution in [0.5, 0.6) is 5.75 Å². The Bertz CT molecular complexity index is 480. The standard InChI is InChI=1S/C17H23NO2/c1-20-17-10-6-5-9-15(17)16(19)13-18-12-11-14-7-3-2-4-8-14/h5-7,9-10,18H,2-4,8,11-13H2,1H3. The molecule has 3 nitrogen and oxygen atoms in total. The van der Waals surface area contributed by atoms with Gasteiger partial charge in [-0.2, -0.15) is 0 Å². The lowest BCUT2D eigenvalue weighted by molar-refractivity contribution is 0.0988. The maximum atomic E-state index is 12.1. The number of hydrogen-bond donors (Lipinski definition) is 1. The Balaban J connectivity index is 1.76. The van der Waals surface area contributed by atoms with Crippen molar-refractivity contribution in [1.29, 1.82) is 0 Å². The van der Waals surface area contributed by atoms with E-state index in [1.807, 2.05) is 24.3 Å². The van der Waals surface area contributed by atoms with Crippen LogP contribution in [0.25, 0.3) is 0 Å². The fourth-order valence-corrected chi connectivity index (χ4v) is 2.55. The summed E-state index contributed by atoms with van der Waals surface area (Å²) in [7, 11) is 1.59. The highest BCUT2D eigenvalue weighted by Crippen LogP contribution is 2.19. The summed E-state index contributed by atoms with van der Waals surface area (Å²) in [5.41, 5.74) is 2.19. The molecule has 1 aromatic rings. The van der Waals surface area contributed by atoms with Gasteiger partial charge in [-0.25, -0.2) is 0 Å². The summed E-state index contributed by atoms with van der Waals surface area (Å²) in [5, 5.41) is 3.24. The van der Waals surface area contributed by atoms with Gasteiger partial charge in [0.2, 0.25) is 0 Å². The van der Waals surface area contributed by atoms with E-state index in [9.17, 15) is 4.79 Å². The summed E-state index contributed by atoms with van der Waals surface area (Å²) in [6, 6.07) is 7.37. The number of Topliss-reactive ketones (excluding diaryl/α,β-unsaturated/α-hetero) is 1. The molecule has 0 bridgehead atoms. The minimum absolute atomic E-state index is 0.0834. The van der Waals surface area contributed by atoms with Crippen LogP contribution in [-0.2, 0) is 0 Å². The molecule has 1 N–H and O–H groups in total. The monoisotopic (exact) mass is 273 g/mol. The van der Waals surface area contributed by atoms with E-state index < -0.39 is 0 Å². The quantitative estimate of drug-likeness (QED) is 0.470. The number of ketones is 1. The van der Waals surface area contributed by atoms with Crippen LogP contribution in [0.4, 0.5) is 0 Å². The highest BCUT2D eigenvalue weighted by atomic mass is 16.5. The van der Waals surface area contributed by atoms with Crippen LogP contribution >= 0.6 is 0 Å². The van der Waals surface area contributed by atoms with Crippen LogP contribution < -0.4 is 10.1 Å². The number of nitrogens with one attached hydrogen (secondary N) is 1. The number of carbonyl (C=O) groups excluding carboxylic acids is 1. The highest BCUT2D eigenvalue weighted by Gasteiger charge is 2.11. The van der Waals surface area contributed by atoms with Gasteiger partial charge in [0.15, 0.2) is 5.78 Å². The van der Waals surface area contributed by atoms with Gasteiger partial charge in [-0.1, -0.05) is 23.8 Å². The Kier molecular flexibility index (Phi) is 5.81. The highest BCUT2D eigenvalue weighted by molar-refractivity contribution is 6.00. The molecule has 0 spiro atoms. The van der Waals surface area contributed by atoms with Crippen molar-refractivity contribution in [3.05, 3.63) is 41.5 Å². The van der Waals surface area contributed by atoms with E-state index in [1.165, 1.54) is 31.3 Å². The zero-order chi connectivity index (χ0) is 14.2. The smallest absolute Gasteiger partial charge is 0.180 e. The fourth-order valence-electron chi connectivity index (χ4n) is 2.55. The number of hydrogen-bond acceptors (Lipinski definition) is 3. The van der Waals surface area contributed by atoms with Gasteiger partial charge in [0, 0.05) is 0 Å². The average molecular weight is 273 g/mol. The predicted molar refractivity (Wildman–Crippen MR) is 81.4 cm³/mol. The minimum Gasteiger partial charge on any atom is -0.496 e. The first-order chi connectivity index (χ1) is 9.81. The molecule has 2 rings (SSSR count). The Hall–Kier alpha value is -1.61. The molecule has 0 aromatic heterocycles.